The minimum Gasteiger partial charge on any atom is -0.264 e. The molecule has 3 nitrogen and oxygen atoms in total. The Hall–Kier alpha value is -0.160. The second-order valence-electron chi connectivity index (χ2n) is 4.96. The molecule has 0 aliphatic carbocycles. The van der Waals surface area contributed by atoms with Gasteiger partial charge in [-0.15, -0.1) is 0 Å². The van der Waals surface area contributed by atoms with E-state index in [9.17, 15) is 4.21 Å². The molecule has 0 saturated carbocycles. The van der Waals surface area contributed by atoms with Crippen LogP contribution in [-0.2, 0) is 11.0 Å². The molecule has 1 aromatic rings. The zero-order valence-electron chi connectivity index (χ0n) is 9.85. The molecule has 94 valence electrons. The molecule has 6 heteroatoms. The highest BCUT2D eigenvalue weighted by Gasteiger charge is 2.66. The molecule has 2 unspecified atom stereocenters. The molecule has 3 atom stereocenters. The SMILES string of the molecule is CC(C)(C)S(=O)N1[C@@H](c2cccnc2)C1(Cl)Cl. The van der Waals surface area contributed by atoms with Gasteiger partial charge in [0, 0.05) is 12.4 Å². The van der Waals surface area contributed by atoms with Crippen LogP contribution < -0.4 is 0 Å². The maximum absolute atomic E-state index is 12.3. The van der Waals surface area contributed by atoms with Gasteiger partial charge in [-0.05, 0) is 32.4 Å². The quantitative estimate of drug-likeness (QED) is 0.477. The van der Waals surface area contributed by atoms with Crippen molar-refractivity contribution < 1.29 is 4.21 Å². The fourth-order valence-electron chi connectivity index (χ4n) is 1.60. The first kappa shape index (κ1) is 13.3. The van der Waals surface area contributed by atoms with Crippen molar-refractivity contribution in [3.05, 3.63) is 30.1 Å². The highest BCUT2D eigenvalue weighted by Crippen LogP contribution is 2.61. The third kappa shape index (κ3) is 2.36. The van der Waals surface area contributed by atoms with Crippen molar-refractivity contribution in [1.82, 2.24) is 9.29 Å². The van der Waals surface area contributed by atoms with Crippen molar-refractivity contribution in [2.24, 2.45) is 0 Å². The first-order valence-corrected chi connectivity index (χ1v) is 7.11. The maximum atomic E-state index is 12.3. The predicted molar refractivity (Wildman–Crippen MR) is 71.1 cm³/mol. The topological polar surface area (TPSA) is 33.0 Å². The van der Waals surface area contributed by atoms with Crippen LogP contribution in [-0.4, -0.2) is 22.7 Å². The van der Waals surface area contributed by atoms with Gasteiger partial charge in [0.15, 0.2) is 0 Å². The fourth-order valence-corrected chi connectivity index (χ4v) is 3.97. The summed E-state index contributed by atoms with van der Waals surface area (Å²) in [6.45, 7) is 5.68. The second-order valence-corrected chi connectivity index (χ2v) is 8.43. The van der Waals surface area contributed by atoms with E-state index in [1.807, 2.05) is 32.9 Å². The van der Waals surface area contributed by atoms with E-state index in [0.29, 0.717) is 0 Å². The summed E-state index contributed by atoms with van der Waals surface area (Å²) in [4.78, 5) is 4.02. The van der Waals surface area contributed by atoms with Crippen molar-refractivity contribution in [2.45, 2.75) is 36.0 Å². The lowest BCUT2D eigenvalue weighted by Crippen LogP contribution is -2.28. The summed E-state index contributed by atoms with van der Waals surface area (Å²) in [7, 11) is -1.24. The Labute approximate surface area is 114 Å². The van der Waals surface area contributed by atoms with Crippen molar-refractivity contribution in [3.8, 4) is 0 Å². The van der Waals surface area contributed by atoms with Crippen LogP contribution in [0.5, 0.6) is 0 Å². The zero-order chi connectivity index (χ0) is 12.8. The van der Waals surface area contributed by atoms with Crippen LogP contribution in [0, 0.1) is 0 Å². The van der Waals surface area contributed by atoms with Gasteiger partial charge in [-0.25, -0.2) is 4.21 Å². The molecule has 0 bridgehead atoms. The summed E-state index contributed by atoms with van der Waals surface area (Å²) in [6, 6.07) is 3.45. The molecule has 0 N–H and O–H groups in total. The highest BCUT2D eigenvalue weighted by molar-refractivity contribution is 7.84. The van der Waals surface area contributed by atoms with E-state index in [4.69, 9.17) is 23.2 Å². The van der Waals surface area contributed by atoms with Gasteiger partial charge in [-0.3, -0.25) is 4.98 Å². The second kappa shape index (κ2) is 4.19. The van der Waals surface area contributed by atoms with E-state index in [-0.39, 0.29) is 10.8 Å². The number of nitrogens with zero attached hydrogens (tertiary/aromatic N) is 2. The summed E-state index contributed by atoms with van der Waals surface area (Å²) in [5.74, 6) is 0. The van der Waals surface area contributed by atoms with E-state index in [2.05, 4.69) is 4.98 Å². The van der Waals surface area contributed by atoms with E-state index in [1.165, 1.54) is 0 Å². The number of rotatable bonds is 2. The van der Waals surface area contributed by atoms with Crippen molar-refractivity contribution in [1.29, 1.82) is 0 Å². The minimum absolute atomic E-state index is 0.250. The molecule has 0 radical (unpaired) electrons. The largest absolute Gasteiger partial charge is 0.264 e. The van der Waals surface area contributed by atoms with E-state index < -0.39 is 15.4 Å². The standard InChI is InChI=1S/C11H14Cl2N2OS/c1-10(2,3)17(16)15-9(11(15,12)13)8-5-4-6-14-7-8/h4-7,9H,1-3H3/t9-,15?,17?/m0/s1. The normalized spacial score (nSPS) is 28.8. The van der Waals surface area contributed by atoms with Gasteiger partial charge in [0.2, 0.25) is 4.46 Å². The molecule has 2 heterocycles. The smallest absolute Gasteiger partial charge is 0.203 e. The lowest BCUT2D eigenvalue weighted by atomic mass is 10.2. The molecule has 1 aliphatic heterocycles. The van der Waals surface area contributed by atoms with Crippen LogP contribution in [0.1, 0.15) is 32.4 Å². The summed E-state index contributed by atoms with van der Waals surface area (Å²) < 4.78 is 12.4. The van der Waals surface area contributed by atoms with E-state index in [1.54, 1.807) is 16.7 Å². The Balaban J connectivity index is 2.26. The summed E-state index contributed by atoms with van der Waals surface area (Å²) in [5, 5.41) is 0. The fraction of sp³-hybridized carbons (Fsp3) is 0.545. The van der Waals surface area contributed by atoms with Gasteiger partial charge in [0.1, 0.15) is 11.0 Å². The average Bonchev–Trinajstić information content (AvgIpc) is 2.80. The number of halogens is 2. The highest BCUT2D eigenvalue weighted by atomic mass is 35.5. The predicted octanol–water partition coefficient (Wildman–Crippen LogP) is 3.03. The summed E-state index contributed by atoms with van der Waals surface area (Å²) in [6.07, 6.45) is 3.38. The number of alkyl halides is 2. The number of hydrogen-bond acceptors (Lipinski definition) is 2. The van der Waals surface area contributed by atoms with Gasteiger partial charge < -0.3 is 0 Å². The van der Waals surface area contributed by atoms with Gasteiger partial charge in [-0.1, -0.05) is 29.3 Å². The molecule has 1 aliphatic rings. The Morgan fingerprint density at radius 2 is 2.12 bits per heavy atom. The molecular formula is C11H14Cl2N2OS. The summed E-state index contributed by atoms with van der Waals surface area (Å²) in [5.41, 5.74) is 0.884. The molecule has 17 heavy (non-hydrogen) atoms. The van der Waals surface area contributed by atoms with Crippen LogP contribution in [0.15, 0.2) is 24.5 Å². The van der Waals surface area contributed by atoms with Crippen LogP contribution in [0.25, 0.3) is 0 Å². The van der Waals surface area contributed by atoms with Crippen LogP contribution >= 0.6 is 23.2 Å². The Kier molecular flexibility index (Phi) is 3.28. The van der Waals surface area contributed by atoms with Crippen molar-refractivity contribution in [3.63, 3.8) is 0 Å². The van der Waals surface area contributed by atoms with Crippen LogP contribution in [0.2, 0.25) is 0 Å². The lowest BCUT2D eigenvalue weighted by molar-refractivity contribution is 0.603. The summed E-state index contributed by atoms with van der Waals surface area (Å²) >= 11 is 12.4. The van der Waals surface area contributed by atoms with Gasteiger partial charge in [0.05, 0.1) is 10.8 Å². The Morgan fingerprint density at radius 3 is 2.59 bits per heavy atom. The molecule has 2 rings (SSSR count). The number of aromatic nitrogens is 1. The molecule has 1 aromatic heterocycles. The monoisotopic (exact) mass is 292 g/mol. The maximum Gasteiger partial charge on any atom is 0.203 e. The van der Waals surface area contributed by atoms with Crippen LogP contribution in [0.4, 0.5) is 0 Å². The third-order valence-electron chi connectivity index (χ3n) is 2.49. The number of pyridine rings is 1. The van der Waals surface area contributed by atoms with Gasteiger partial charge >= 0.3 is 0 Å². The molecule has 0 spiro atoms. The van der Waals surface area contributed by atoms with Crippen LogP contribution in [0.3, 0.4) is 0 Å². The van der Waals surface area contributed by atoms with Crippen molar-refractivity contribution in [2.75, 3.05) is 0 Å². The van der Waals surface area contributed by atoms with E-state index >= 15 is 0 Å². The molecular weight excluding hydrogens is 279 g/mol. The Bertz CT molecular complexity index is 445. The lowest BCUT2D eigenvalue weighted by Gasteiger charge is -2.18. The number of hydrogen-bond donors (Lipinski definition) is 0. The molecule has 0 amide bonds. The first-order valence-electron chi connectivity index (χ1n) is 5.25. The first-order chi connectivity index (χ1) is 7.76. The van der Waals surface area contributed by atoms with E-state index in [0.717, 1.165) is 5.56 Å². The molecule has 1 fully saturated rings. The minimum atomic E-state index is -1.24. The molecule has 0 aromatic carbocycles. The van der Waals surface area contributed by atoms with Gasteiger partial charge in [-0.2, -0.15) is 4.31 Å². The molecule has 1 saturated heterocycles. The average molecular weight is 293 g/mol. The third-order valence-corrected chi connectivity index (χ3v) is 5.37. The van der Waals surface area contributed by atoms with Gasteiger partial charge in [0.25, 0.3) is 0 Å². The Morgan fingerprint density at radius 1 is 1.47 bits per heavy atom. The zero-order valence-corrected chi connectivity index (χ0v) is 12.2. The van der Waals surface area contributed by atoms with Crippen molar-refractivity contribution >= 4 is 34.2 Å².